The molecule has 0 aromatic heterocycles. The maximum absolute atomic E-state index is 12.6. The van der Waals surface area contributed by atoms with Crippen LogP contribution in [0.25, 0.3) is 0 Å². The Morgan fingerprint density at radius 3 is 2.73 bits per heavy atom. The lowest BCUT2D eigenvalue weighted by Crippen LogP contribution is -2.57. The molecule has 2 rings (SSSR count). The Kier molecular flexibility index (Phi) is 5.52. The predicted octanol–water partition coefficient (Wildman–Crippen LogP) is -0.102. The van der Waals surface area contributed by atoms with Gasteiger partial charge in [0.2, 0.25) is 5.91 Å². The van der Waals surface area contributed by atoms with Crippen molar-refractivity contribution in [3.63, 3.8) is 0 Å². The van der Waals surface area contributed by atoms with Crippen LogP contribution in [0.1, 0.15) is 33.1 Å². The van der Waals surface area contributed by atoms with E-state index < -0.39 is 0 Å². The molecular formula is C15H26N4O3. The highest BCUT2D eigenvalue weighted by atomic mass is 16.3. The van der Waals surface area contributed by atoms with Gasteiger partial charge in [0, 0.05) is 52.1 Å². The van der Waals surface area contributed by atoms with Gasteiger partial charge < -0.3 is 10.0 Å². The summed E-state index contributed by atoms with van der Waals surface area (Å²) in [5, 5.41) is 14.9. The molecule has 2 aliphatic heterocycles. The molecule has 124 valence electrons. The van der Waals surface area contributed by atoms with Gasteiger partial charge in [-0.25, -0.2) is 5.01 Å². The lowest BCUT2D eigenvalue weighted by Gasteiger charge is -2.42. The fourth-order valence-electron chi connectivity index (χ4n) is 3.05. The fraction of sp³-hybridized carbons (Fsp3) is 0.800. The Morgan fingerprint density at radius 1 is 1.41 bits per heavy atom. The van der Waals surface area contributed by atoms with Gasteiger partial charge in [0.25, 0.3) is 5.91 Å². The van der Waals surface area contributed by atoms with Crippen molar-refractivity contribution in [1.29, 1.82) is 0 Å². The number of aliphatic hydroxyl groups excluding tert-OH is 1. The van der Waals surface area contributed by atoms with E-state index in [2.05, 4.69) is 16.9 Å². The first-order chi connectivity index (χ1) is 10.4. The standard InChI is InChI=1S/C15H26N4O3/c1-4-12-10-19(8-7-18(12)9-11(2)20)15(22)13-5-6-14(21)17(3)16-13/h11-12,20H,4-10H2,1-3H3/t11-,12+/m1/s1. The molecule has 2 amide bonds. The Morgan fingerprint density at radius 2 is 2.14 bits per heavy atom. The molecule has 7 heteroatoms. The summed E-state index contributed by atoms with van der Waals surface area (Å²) >= 11 is 0. The minimum atomic E-state index is -0.362. The molecule has 0 spiro atoms. The summed E-state index contributed by atoms with van der Waals surface area (Å²) in [6.07, 6.45) is 1.34. The maximum Gasteiger partial charge on any atom is 0.270 e. The molecule has 1 N–H and O–H groups in total. The largest absolute Gasteiger partial charge is 0.392 e. The number of aliphatic hydroxyl groups is 1. The SMILES string of the molecule is CC[C@H]1CN(C(=O)C2=NN(C)C(=O)CC2)CCN1C[C@@H](C)O. The summed E-state index contributed by atoms with van der Waals surface area (Å²) in [5.41, 5.74) is 0.473. The van der Waals surface area contributed by atoms with Crippen LogP contribution in [0.3, 0.4) is 0 Å². The second-order valence-electron chi connectivity index (χ2n) is 6.12. The number of rotatable bonds is 4. The molecule has 0 aromatic rings. The number of β-amino-alcohol motifs (C(OH)–C–C–N with tert-alkyl or cyclic N) is 1. The number of hydrogen-bond donors (Lipinski definition) is 1. The van der Waals surface area contributed by atoms with Gasteiger partial charge in [-0.1, -0.05) is 6.92 Å². The quantitative estimate of drug-likeness (QED) is 0.786. The van der Waals surface area contributed by atoms with Crippen molar-refractivity contribution in [2.45, 2.75) is 45.3 Å². The number of carbonyl (C=O) groups is 2. The van der Waals surface area contributed by atoms with E-state index in [0.717, 1.165) is 13.0 Å². The highest BCUT2D eigenvalue weighted by Crippen LogP contribution is 2.16. The molecular weight excluding hydrogens is 284 g/mol. The number of carbonyl (C=O) groups excluding carboxylic acids is 2. The van der Waals surface area contributed by atoms with Gasteiger partial charge >= 0.3 is 0 Å². The summed E-state index contributed by atoms with van der Waals surface area (Å²) in [7, 11) is 1.59. The normalized spacial score (nSPS) is 25.2. The van der Waals surface area contributed by atoms with Crippen LogP contribution >= 0.6 is 0 Å². The van der Waals surface area contributed by atoms with E-state index in [1.54, 1.807) is 14.0 Å². The monoisotopic (exact) mass is 310 g/mol. The van der Waals surface area contributed by atoms with Crippen molar-refractivity contribution >= 4 is 17.5 Å². The number of amides is 2. The highest BCUT2D eigenvalue weighted by Gasteiger charge is 2.32. The molecule has 22 heavy (non-hydrogen) atoms. The molecule has 7 nitrogen and oxygen atoms in total. The summed E-state index contributed by atoms with van der Waals surface area (Å²) < 4.78 is 0. The van der Waals surface area contributed by atoms with E-state index in [-0.39, 0.29) is 24.0 Å². The van der Waals surface area contributed by atoms with Gasteiger partial charge in [-0.05, 0) is 13.3 Å². The second kappa shape index (κ2) is 7.19. The van der Waals surface area contributed by atoms with Gasteiger partial charge in [-0.15, -0.1) is 0 Å². The van der Waals surface area contributed by atoms with Gasteiger partial charge in [0.1, 0.15) is 5.71 Å². The van der Waals surface area contributed by atoms with Gasteiger partial charge in [0.15, 0.2) is 0 Å². The lowest BCUT2D eigenvalue weighted by atomic mass is 10.1. The molecule has 2 atom stereocenters. The average molecular weight is 310 g/mol. The van der Waals surface area contributed by atoms with E-state index in [9.17, 15) is 14.7 Å². The number of hydrazone groups is 1. The van der Waals surface area contributed by atoms with Crippen LogP contribution in [-0.4, -0.2) is 82.8 Å². The van der Waals surface area contributed by atoms with Crippen LogP contribution in [0, 0.1) is 0 Å². The van der Waals surface area contributed by atoms with Gasteiger partial charge in [-0.2, -0.15) is 5.10 Å². The first-order valence-corrected chi connectivity index (χ1v) is 7.97. The smallest absolute Gasteiger partial charge is 0.270 e. The molecule has 0 radical (unpaired) electrons. The average Bonchev–Trinajstić information content (AvgIpc) is 2.49. The zero-order chi connectivity index (χ0) is 16.3. The molecule has 0 aliphatic carbocycles. The third-order valence-electron chi connectivity index (χ3n) is 4.32. The van der Waals surface area contributed by atoms with Crippen LogP contribution in [0.15, 0.2) is 5.10 Å². The molecule has 2 aliphatic rings. The van der Waals surface area contributed by atoms with Gasteiger partial charge in [-0.3, -0.25) is 14.5 Å². The molecule has 0 aromatic carbocycles. The third-order valence-corrected chi connectivity index (χ3v) is 4.32. The lowest BCUT2D eigenvalue weighted by molar-refractivity contribution is -0.131. The van der Waals surface area contributed by atoms with E-state index >= 15 is 0 Å². The summed E-state index contributed by atoms with van der Waals surface area (Å²) in [4.78, 5) is 28.1. The van der Waals surface area contributed by atoms with Crippen LogP contribution in [0.5, 0.6) is 0 Å². The van der Waals surface area contributed by atoms with E-state index in [1.165, 1.54) is 5.01 Å². The fourth-order valence-corrected chi connectivity index (χ4v) is 3.05. The first kappa shape index (κ1) is 16.9. The minimum absolute atomic E-state index is 0.0512. The van der Waals surface area contributed by atoms with Crippen molar-refractivity contribution < 1.29 is 14.7 Å². The topological polar surface area (TPSA) is 76.5 Å². The summed E-state index contributed by atoms with van der Waals surface area (Å²) in [6.45, 7) is 6.57. The second-order valence-corrected chi connectivity index (χ2v) is 6.12. The molecule has 2 heterocycles. The van der Waals surface area contributed by atoms with E-state index in [1.807, 2.05) is 4.90 Å². The van der Waals surface area contributed by atoms with Crippen molar-refractivity contribution in [2.75, 3.05) is 33.2 Å². The minimum Gasteiger partial charge on any atom is -0.392 e. The van der Waals surface area contributed by atoms with Crippen molar-refractivity contribution in [3.05, 3.63) is 0 Å². The first-order valence-electron chi connectivity index (χ1n) is 7.97. The summed E-state index contributed by atoms with van der Waals surface area (Å²) in [5.74, 6) is -0.112. The molecule has 0 bridgehead atoms. The molecule has 1 fully saturated rings. The van der Waals surface area contributed by atoms with Crippen molar-refractivity contribution in [2.24, 2.45) is 5.10 Å². The van der Waals surface area contributed by atoms with Crippen molar-refractivity contribution in [3.8, 4) is 0 Å². The maximum atomic E-state index is 12.6. The highest BCUT2D eigenvalue weighted by molar-refractivity contribution is 6.39. The molecule has 0 unspecified atom stereocenters. The van der Waals surface area contributed by atoms with E-state index in [0.29, 0.717) is 38.2 Å². The zero-order valence-electron chi connectivity index (χ0n) is 13.7. The Hall–Kier alpha value is -1.47. The molecule has 0 saturated carbocycles. The number of nitrogens with zero attached hydrogens (tertiary/aromatic N) is 4. The predicted molar refractivity (Wildman–Crippen MR) is 83.4 cm³/mol. The Balaban J connectivity index is 2.00. The van der Waals surface area contributed by atoms with Crippen molar-refractivity contribution in [1.82, 2.24) is 14.8 Å². The van der Waals surface area contributed by atoms with Crippen LogP contribution in [0.2, 0.25) is 0 Å². The number of hydrogen-bond acceptors (Lipinski definition) is 5. The van der Waals surface area contributed by atoms with Crippen LogP contribution < -0.4 is 0 Å². The molecule has 1 saturated heterocycles. The van der Waals surface area contributed by atoms with E-state index in [4.69, 9.17) is 0 Å². The Bertz CT molecular complexity index is 464. The zero-order valence-corrected chi connectivity index (χ0v) is 13.7. The summed E-state index contributed by atoms with van der Waals surface area (Å²) in [6, 6.07) is 0.260. The number of piperazine rings is 1. The van der Waals surface area contributed by atoms with Crippen LogP contribution in [0.4, 0.5) is 0 Å². The Labute approximate surface area is 131 Å². The van der Waals surface area contributed by atoms with Crippen LogP contribution in [-0.2, 0) is 9.59 Å². The third kappa shape index (κ3) is 3.84. The van der Waals surface area contributed by atoms with Gasteiger partial charge in [0.05, 0.1) is 6.10 Å².